The Kier molecular flexibility index (Phi) is 8.39. The number of piperidine rings is 2. The van der Waals surface area contributed by atoms with Crippen molar-refractivity contribution in [3.8, 4) is 0 Å². The summed E-state index contributed by atoms with van der Waals surface area (Å²) in [6.45, 7) is 3.81. The van der Waals surface area contributed by atoms with Crippen molar-refractivity contribution in [3.63, 3.8) is 0 Å². The second-order valence-corrected chi connectivity index (χ2v) is 10.6. The van der Waals surface area contributed by atoms with Crippen molar-refractivity contribution in [2.75, 3.05) is 33.2 Å². The SMILES string of the molecule is Cc1ccc(C2CN(C3CCN(C(=O)O)CC3)CCC2N(C)C(=O)c2cc(C(F)(F)F)cc(C(F)(F)F)c2)cc1. The first kappa shape index (κ1) is 29.7. The predicted molar refractivity (Wildman–Crippen MR) is 135 cm³/mol. The predicted octanol–water partition coefficient (Wildman–Crippen LogP) is 6.11. The van der Waals surface area contributed by atoms with Gasteiger partial charge in [-0.2, -0.15) is 26.3 Å². The number of benzene rings is 2. The molecule has 0 radical (unpaired) electrons. The molecule has 2 heterocycles. The van der Waals surface area contributed by atoms with E-state index in [2.05, 4.69) is 4.90 Å². The van der Waals surface area contributed by atoms with Crippen LogP contribution < -0.4 is 0 Å². The Morgan fingerprint density at radius 2 is 1.43 bits per heavy atom. The molecule has 218 valence electrons. The third-order valence-electron chi connectivity index (χ3n) is 8.02. The molecule has 2 atom stereocenters. The van der Waals surface area contributed by atoms with Gasteiger partial charge in [0.15, 0.2) is 0 Å². The summed E-state index contributed by atoms with van der Waals surface area (Å²) in [5, 5.41) is 9.26. The molecule has 2 aliphatic heterocycles. The number of hydrogen-bond donors (Lipinski definition) is 1. The third kappa shape index (κ3) is 6.54. The van der Waals surface area contributed by atoms with Crippen LogP contribution in [0.1, 0.15) is 57.8 Å². The molecule has 2 unspecified atom stereocenters. The summed E-state index contributed by atoms with van der Waals surface area (Å²) in [5.74, 6) is -1.17. The van der Waals surface area contributed by atoms with Crippen LogP contribution in [0.3, 0.4) is 0 Å². The number of nitrogens with zero attached hydrogens (tertiary/aromatic N) is 3. The van der Waals surface area contributed by atoms with Crippen LogP contribution in [-0.2, 0) is 12.4 Å². The smallest absolute Gasteiger partial charge is 0.416 e. The van der Waals surface area contributed by atoms with E-state index in [4.69, 9.17) is 0 Å². The molecule has 0 bridgehead atoms. The summed E-state index contributed by atoms with van der Waals surface area (Å²) in [6, 6.07) is 8.29. The highest BCUT2D eigenvalue weighted by Crippen LogP contribution is 2.38. The standard InChI is InChI=1S/C28H31F6N3O3/c1-17-3-5-18(6-4-17)23-16-37(22-7-10-36(11-8-22)26(39)40)12-9-24(23)35(2)25(38)19-13-20(27(29,30)31)15-21(14-19)28(32,33)34/h3-6,13-15,22-24H,7-12,16H2,1-2H3,(H,39,40). The van der Waals surface area contributed by atoms with Crippen molar-refractivity contribution < 1.29 is 41.0 Å². The minimum atomic E-state index is -5.05. The summed E-state index contributed by atoms with van der Waals surface area (Å²) in [6.07, 6.45) is -9.32. The Morgan fingerprint density at radius 1 is 0.875 bits per heavy atom. The number of halogens is 6. The number of carbonyl (C=O) groups excluding carboxylic acids is 1. The lowest BCUT2D eigenvalue weighted by molar-refractivity contribution is -0.143. The fourth-order valence-corrected chi connectivity index (χ4v) is 5.76. The van der Waals surface area contributed by atoms with E-state index in [0.717, 1.165) is 11.1 Å². The second kappa shape index (κ2) is 11.3. The van der Waals surface area contributed by atoms with E-state index < -0.39 is 47.1 Å². The molecule has 2 aromatic carbocycles. The molecule has 2 fully saturated rings. The normalized spacial score (nSPS) is 21.4. The first-order valence-corrected chi connectivity index (χ1v) is 13.0. The highest BCUT2D eigenvalue weighted by molar-refractivity contribution is 5.95. The fourth-order valence-electron chi connectivity index (χ4n) is 5.76. The van der Waals surface area contributed by atoms with Gasteiger partial charge in [0.05, 0.1) is 11.1 Å². The summed E-state index contributed by atoms with van der Waals surface area (Å²) < 4.78 is 80.6. The molecule has 2 amide bonds. The van der Waals surface area contributed by atoms with Gasteiger partial charge in [0, 0.05) is 56.8 Å². The van der Waals surface area contributed by atoms with Crippen molar-refractivity contribution in [2.24, 2.45) is 0 Å². The van der Waals surface area contributed by atoms with Crippen molar-refractivity contribution in [1.29, 1.82) is 0 Å². The molecule has 0 spiro atoms. The van der Waals surface area contributed by atoms with Crippen LogP contribution in [0.4, 0.5) is 31.1 Å². The number of likely N-dealkylation sites (N-methyl/N-ethyl adjacent to an activating group) is 1. The van der Waals surface area contributed by atoms with E-state index in [1.807, 2.05) is 31.2 Å². The zero-order valence-corrected chi connectivity index (χ0v) is 22.1. The minimum absolute atomic E-state index is 0.0139. The summed E-state index contributed by atoms with van der Waals surface area (Å²) in [5.41, 5.74) is -1.81. The van der Waals surface area contributed by atoms with Crippen LogP contribution in [0.25, 0.3) is 0 Å². The quantitative estimate of drug-likeness (QED) is 0.451. The minimum Gasteiger partial charge on any atom is -0.465 e. The van der Waals surface area contributed by atoms with Gasteiger partial charge in [0.25, 0.3) is 5.91 Å². The molecule has 1 N–H and O–H groups in total. The van der Waals surface area contributed by atoms with E-state index in [1.165, 1.54) is 16.8 Å². The van der Waals surface area contributed by atoms with Gasteiger partial charge < -0.3 is 14.9 Å². The maximum absolute atomic E-state index is 13.4. The van der Waals surface area contributed by atoms with Gasteiger partial charge in [-0.3, -0.25) is 9.69 Å². The first-order valence-electron chi connectivity index (χ1n) is 13.0. The van der Waals surface area contributed by atoms with Gasteiger partial charge >= 0.3 is 18.4 Å². The lowest BCUT2D eigenvalue weighted by Gasteiger charge is -2.47. The topological polar surface area (TPSA) is 64.1 Å². The zero-order valence-electron chi connectivity index (χ0n) is 22.1. The number of aryl methyl sites for hydroxylation is 1. The number of alkyl halides is 6. The molecule has 2 aliphatic rings. The van der Waals surface area contributed by atoms with Crippen molar-refractivity contribution in [2.45, 2.75) is 56.5 Å². The Hall–Kier alpha value is -3.28. The van der Waals surface area contributed by atoms with E-state index in [-0.39, 0.29) is 18.0 Å². The average molecular weight is 572 g/mol. The Balaban J connectivity index is 1.62. The lowest BCUT2D eigenvalue weighted by atomic mass is 9.83. The first-order chi connectivity index (χ1) is 18.6. The lowest BCUT2D eigenvalue weighted by Crippen LogP contribution is -2.55. The van der Waals surface area contributed by atoms with Crippen LogP contribution in [0.15, 0.2) is 42.5 Å². The molecule has 2 aromatic rings. The van der Waals surface area contributed by atoms with Crippen molar-refractivity contribution >= 4 is 12.0 Å². The average Bonchev–Trinajstić information content (AvgIpc) is 2.91. The molecule has 0 aromatic heterocycles. The van der Waals surface area contributed by atoms with Gasteiger partial charge in [0.1, 0.15) is 0 Å². The molecule has 12 heteroatoms. The maximum atomic E-state index is 13.4. The molecule has 0 saturated carbocycles. The van der Waals surface area contributed by atoms with Crippen LogP contribution >= 0.6 is 0 Å². The van der Waals surface area contributed by atoms with Gasteiger partial charge in [-0.05, 0) is 49.9 Å². The monoisotopic (exact) mass is 571 g/mol. The van der Waals surface area contributed by atoms with Crippen LogP contribution in [0.5, 0.6) is 0 Å². The number of hydrogen-bond acceptors (Lipinski definition) is 3. The molecule has 0 aliphatic carbocycles. The highest BCUT2D eigenvalue weighted by atomic mass is 19.4. The molecular formula is C28H31F6N3O3. The summed E-state index contributed by atoms with van der Waals surface area (Å²) in [7, 11) is 1.42. The Bertz CT molecular complexity index is 1190. The van der Waals surface area contributed by atoms with Gasteiger partial charge in [-0.15, -0.1) is 0 Å². The third-order valence-corrected chi connectivity index (χ3v) is 8.02. The number of carbonyl (C=O) groups is 2. The fraction of sp³-hybridized carbons (Fsp3) is 0.500. The van der Waals surface area contributed by atoms with E-state index in [1.54, 1.807) is 0 Å². The van der Waals surface area contributed by atoms with E-state index in [0.29, 0.717) is 57.6 Å². The van der Waals surface area contributed by atoms with E-state index in [9.17, 15) is 41.0 Å². The number of amides is 2. The largest absolute Gasteiger partial charge is 0.465 e. The highest BCUT2D eigenvalue weighted by Gasteiger charge is 2.41. The molecular weight excluding hydrogens is 540 g/mol. The number of rotatable bonds is 4. The molecule has 2 saturated heterocycles. The van der Waals surface area contributed by atoms with Crippen LogP contribution in [0.2, 0.25) is 0 Å². The van der Waals surface area contributed by atoms with Crippen molar-refractivity contribution in [1.82, 2.24) is 14.7 Å². The van der Waals surface area contributed by atoms with Gasteiger partial charge in [0.2, 0.25) is 0 Å². The summed E-state index contributed by atoms with van der Waals surface area (Å²) >= 11 is 0. The molecule has 4 rings (SSSR count). The zero-order chi connectivity index (χ0) is 29.4. The Morgan fingerprint density at radius 3 is 1.93 bits per heavy atom. The Labute approximate surface area is 228 Å². The number of carboxylic acid groups (broad SMARTS) is 1. The molecule has 40 heavy (non-hydrogen) atoms. The summed E-state index contributed by atoms with van der Waals surface area (Å²) in [4.78, 5) is 29.6. The van der Waals surface area contributed by atoms with Crippen molar-refractivity contribution in [3.05, 3.63) is 70.3 Å². The van der Waals surface area contributed by atoms with Crippen LogP contribution in [0, 0.1) is 6.92 Å². The molecule has 6 nitrogen and oxygen atoms in total. The van der Waals surface area contributed by atoms with Gasteiger partial charge in [-0.1, -0.05) is 29.8 Å². The number of likely N-dealkylation sites (tertiary alicyclic amines) is 2. The van der Waals surface area contributed by atoms with E-state index >= 15 is 0 Å². The van der Waals surface area contributed by atoms with Gasteiger partial charge in [-0.25, -0.2) is 4.79 Å². The second-order valence-electron chi connectivity index (χ2n) is 10.6. The maximum Gasteiger partial charge on any atom is 0.416 e. The van der Waals surface area contributed by atoms with Crippen LogP contribution in [-0.4, -0.2) is 77.1 Å².